The van der Waals surface area contributed by atoms with Gasteiger partial charge < -0.3 is 4.90 Å². The molecule has 4 aromatic carbocycles. The van der Waals surface area contributed by atoms with E-state index in [0.29, 0.717) is 6.04 Å². The quantitative estimate of drug-likeness (QED) is 0.428. The number of rotatable bonds is 5. The van der Waals surface area contributed by atoms with E-state index < -0.39 is 6.15 Å². The SMILES string of the molecule is c1ccc([B-](c2ccccc2)(c2ccccc2)c2ccccc2C2CCN=C3CCCN32)cc1. The molecule has 1 unspecified atom stereocenters. The number of hydrogen-bond acceptors (Lipinski definition) is 2. The molecule has 2 nitrogen and oxygen atoms in total. The maximum atomic E-state index is 4.88. The molecule has 34 heavy (non-hydrogen) atoms. The summed E-state index contributed by atoms with van der Waals surface area (Å²) in [5, 5.41) is 0. The van der Waals surface area contributed by atoms with Crippen molar-refractivity contribution in [1.29, 1.82) is 0 Å². The van der Waals surface area contributed by atoms with Crippen molar-refractivity contribution >= 4 is 33.8 Å². The zero-order valence-corrected chi connectivity index (χ0v) is 19.6. The third kappa shape index (κ3) is 3.39. The lowest BCUT2D eigenvalue weighted by Gasteiger charge is -2.47. The van der Waals surface area contributed by atoms with E-state index in [2.05, 4.69) is 120 Å². The van der Waals surface area contributed by atoms with Crippen molar-refractivity contribution < 1.29 is 0 Å². The fraction of sp³-hybridized carbons (Fsp3) is 0.194. The van der Waals surface area contributed by atoms with Crippen molar-refractivity contribution in [2.75, 3.05) is 13.1 Å². The van der Waals surface area contributed by atoms with Gasteiger partial charge in [-0.1, -0.05) is 121 Å². The van der Waals surface area contributed by atoms with Crippen LogP contribution in [0.4, 0.5) is 0 Å². The second-order valence-electron chi connectivity index (χ2n) is 9.63. The molecule has 0 aliphatic carbocycles. The topological polar surface area (TPSA) is 15.6 Å². The van der Waals surface area contributed by atoms with Gasteiger partial charge in [0.15, 0.2) is 0 Å². The smallest absolute Gasteiger partial charge is 0.108 e. The number of amidine groups is 1. The Hall–Kier alpha value is -3.59. The van der Waals surface area contributed by atoms with Crippen molar-refractivity contribution in [2.45, 2.75) is 25.3 Å². The molecule has 0 spiro atoms. The van der Waals surface area contributed by atoms with Gasteiger partial charge in [-0.3, -0.25) is 4.99 Å². The van der Waals surface area contributed by atoms with E-state index in [-0.39, 0.29) is 0 Å². The zero-order chi connectivity index (χ0) is 22.8. The Balaban J connectivity index is 1.67. The Labute approximate surface area is 202 Å². The van der Waals surface area contributed by atoms with Crippen LogP contribution in [0.15, 0.2) is 120 Å². The van der Waals surface area contributed by atoms with E-state index in [1.807, 2.05) is 0 Å². The molecule has 2 heterocycles. The van der Waals surface area contributed by atoms with Gasteiger partial charge in [0.2, 0.25) is 0 Å². The van der Waals surface area contributed by atoms with Gasteiger partial charge in [-0.25, -0.2) is 0 Å². The minimum atomic E-state index is -1.37. The predicted octanol–water partition coefficient (Wildman–Crippen LogP) is 4.00. The highest BCUT2D eigenvalue weighted by Crippen LogP contribution is 2.32. The highest BCUT2D eigenvalue weighted by Gasteiger charge is 2.37. The van der Waals surface area contributed by atoms with Gasteiger partial charge in [-0.2, -0.15) is 21.9 Å². The summed E-state index contributed by atoms with van der Waals surface area (Å²) >= 11 is 0. The van der Waals surface area contributed by atoms with Gasteiger partial charge in [-0.05, 0) is 12.8 Å². The highest BCUT2D eigenvalue weighted by atomic mass is 15.2. The van der Waals surface area contributed by atoms with Crippen molar-refractivity contribution in [1.82, 2.24) is 4.90 Å². The summed E-state index contributed by atoms with van der Waals surface area (Å²) in [6.45, 7) is 2.03. The molecular weight excluding hydrogens is 411 g/mol. The van der Waals surface area contributed by atoms with Gasteiger partial charge in [0.05, 0.1) is 11.9 Å². The summed E-state index contributed by atoms with van der Waals surface area (Å²) in [6, 6.07) is 43.0. The van der Waals surface area contributed by atoms with Crippen LogP contribution in [0.1, 0.15) is 30.9 Å². The first-order valence-corrected chi connectivity index (χ1v) is 12.6. The lowest BCUT2D eigenvalue weighted by Crippen LogP contribution is -2.75. The van der Waals surface area contributed by atoms with Crippen molar-refractivity contribution in [2.24, 2.45) is 4.99 Å². The maximum absolute atomic E-state index is 4.88. The van der Waals surface area contributed by atoms with Gasteiger partial charge >= 0.3 is 0 Å². The monoisotopic (exact) mass is 441 g/mol. The summed E-state index contributed by atoms with van der Waals surface area (Å²) in [6.07, 6.45) is 2.04. The highest BCUT2D eigenvalue weighted by molar-refractivity contribution is 7.20. The summed E-state index contributed by atoms with van der Waals surface area (Å²) < 4.78 is 0. The molecule has 1 atom stereocenters. The largest absolute Gasteiger partial charge is 0.353 e. The van der Waals surface area contributed by atoms with E-state index in [0.717, 1.165) is 25.9 Å². The van der Waals surface area contributed by atoms with E-state index in [4.69, 9.17) is 4.99 Å². The summed E-state index contributed by atoms with van der Waals surface area (Å²) in [5.74, 6) is 1.31. The first kappa shape index (κ1) is 21.0. The Morgan fingerprint density at radius 2 is 1.18 bits per heavy atom. The third-order valence-electron chi connectivity index (χ3n) is 7.92. The first-order valence-electron chi connectivity index (χ1n) is 12.6. The molecule has 168 valence electrons. The Morgan fingerprint density at radius 1 is 0.647 bits per heavy atom. The van der Waals surface area contributed by atoms with Gasteiger partial charge in [-0.15, -0.1) is 0 Å². The molecule has 0 aromatic heterocycles. The van der Waals surface area contributed by atoms with E-state index in [1.165, 1.54) is 39.7 Å². The molecule has 0 bridgehead atoms. The van der Waals surface area contributed by atoms with Crippen LogP contribution in [-0.2, 0) is 0 Å². The van der Waals surface area contributed by atoms with Crippen LogP contribution in [0.3, 0.4) is 0 Å². The average Bonchev–Trinajstić information content (AvgIpc) is 3.41. The molecule has 0 N–H and O–H groups in total. The van der Waals surface area contributed by atoms with Crippen molar-refractivity contribution in [3.63, 3.8) is 0 Å². The molecule has 0 saturated carbocycles. The second kappa shape index (κ2) is 8.98. The standard InChI is InChI=1S/C31H30BN2/c1-4-13-25(14-5-1)32(26-15-6-2-7-16-26,27-17-8-3-9-18-27)29-20-11-10-19-28(29)30-22-23-33-31-21-12-24-34(30)31/h1-11,13-20,30H,12,21-24H2/q-1. The fourth-order valence-corrected chi connectivity index (χ4v) is 6.53. The summed E-state index contributed by atoms with van der Waals surface area (Å²) in [4.78, 5) is 7.47. The van der Waals surface area contributed by atoms with Gasteiger partial charge in [0, 0.05) is 19.5 Å². The summed E-state index contributed by atoms with van der Waals surface area (Å²) in [5.41, 5.74) is 6.97. The van der Waals surface area contributed by atoms with Crippen LogP contribution in [0.5, 0.6) is 0 Å². The van der Waals surface area contributed by atoms with E-state index >= 15 is 0 Å². The number of benzene rings is 4. The fourth-order valence-electron chi connectivity index (χ4n) is 6.53. The molecular formula is C31H30BN2-. The Bertz CT molecular complexity index is 1190. The van der Waals surface area contributed by atoms with Gasteiger partial charge in [0.1, 0.15) is 6.15 Å². The molecule has 2 aliphatic rings. The summed E-state index contributed by atoms with van der Waals surface area (Å²) in [7, 11) is 0. The first-order chi connectivity index (χ1) is 16.9. The van der Waals surface area contributed by atoms with Crippen LogP contribution in [-0.4, -0.2) is 30.0 Å². The van der Waals surface area contributed by atoms with E-state index in [1.54, 1.807) is 0 Å². The zero-order valence-electron chi connectivity index (χ0n) is 19.6. The van der Waals surface area contributed by atoms with Crippen LogP contribution < -0.4 is 21.9 Å². The second-order valence-corrected chi connectivity index (χ2v) is 9.63. The van der Waals surface area contributed by atoms with E-state index in [9.17, 15) is 0 Å². The average molecular weight is 441 g/mol. The number of aliphatic imine (C=N–C) groups is 1. The van der Waals surface area contributed by atoms with Crippen LogP contribution in [0.25, 0.3) is 0 Å². The normalized spacial score (nSPS) is 17.8. The Morgan fingerprint density at radius 3 is 1.76 bits per heavy atom. The molecule has 0 amide bonds. The molecule has 3 heteroatoms. The van der Waals surface area contributed by atoms with Gasteiger partial charge in [0.25, 0.3) is 0 Å². The minimum Gasteiger partial charge on any atom is -0.353 e. The van der Waals surface area contributed by atoms with Crippen molar-refractivity contribution in [3.05, 3.63) is 121 Å². The van der Waals surface area contributed by atoms with Crippen LogP contribution in [0.2, 0.25) is 0 Å². The molecule has 4 aromatic rings. The number of nitrogens with zero attached hydrogens (tertiary/aromatic N) is 2. The molecule has 6 rings (SSSR count). The van der Waals surface area contributed by atoms with Crippen LogP contribution in [0, 0.1) is 0 Å². The molecule has 1 fully saturated rings. The maximum Gasteiger partial charge on any atom is 0.108 e. The minimum absolute atomic E-state index is 0.378. The lowest BCUT2D eigenvalue weighted by atomic mass is 9.12. The lowest BCUT2D eigenvalue weighted by molar-refractivity contribution is 0.312. The number of fused-ring (bicyclic) bond motifs is 1. The molecule has 1 saturated heterocycles. The third-order valence-corrected chi connectivity index (χ3v) is 7.92. The van der Waals surface area contributed by atoms with Crippen LogP contribution >= 0.6 is 0 Å². The van der Waals surface area contributed by atoms with Crippen molar-refractivity contribution in [3.8, 4) is 0 Å². The number of hydrogen-bond donors (Lipinski definition) is 0. The predicted molar refractivity (Wildman–Crippen MR) is 146 cm³/mol. The molecule has 0 radical (unpaired) electrons. The Kier molecular flexibility index (Phi) is 5.54. The molecule has 2 aliphatic heterocycles.